The first-order valence-corrected chi connectivity index (χ1v) is 41.5. The molecule has 2 aromatic carbocycles. The Labute approximate surface area is 691 Å². The molecule has 2 unspecified atom stereocenters. The number of thiazole rings is 1. The summed E-state index contributed by atoms with van der Waals surface area (Å²) in [6.07, 6.45) is -4.46. The second-order valence-corrected chi connectivity index (χ2v) is 32.0. The fourth-order valence-corrected chi connectivity index (χ4v) is 14.8. The number of carbonyl (C=O) groups is 17. The van der Waals surface area contributed by atoms with Crippen LogP contribution in [0.1, 0.15) is 171 Å². The second kappa shape index (κ2) is 51.3. The zero-order valence-corrected chi connectivity index (χ0v) is 68.8. The standard InChI is InChI=1S/C75H107N13O27S3/c1-8-15-61(97)115-39-88(69(103)62(41(5)9-2)84-67(102)54-18-13-14-29-87(54)7)55(40(3)4)36-56(90)68-81-52(37-116-68)66(101)76-45(33-44-19-21-46(89)22-20-44)32-42(6)63(98)85-86-75(113)114-30-31-117-118-38-53(73(110)111)80-64(99)50(34-43-16-11-10-12-17-43)79-65(100)51(35-60(95)96)78-58(92)26-23-47(70(104)105)77-57(91)27-24-48(71(106)107)82-74(112)83-49(72(108)109)25-28-59(93)94/h10-12,16-17,19-22,37,40-42,45,47-51,53-56,62,89-90H,8-9,13-15,18,23-36,38-39H2,1-7H3,(H,76,101)(H,77,91)(H,78,92)(H,79,100)(H,80,99)(H,84,102)(H,85,98)(H,86,113)(H,93,94)(H,95,96)(H,104,105)(H,106,107)(H,108,109)(H,110,111)(H2,82,83,112)/t41?,42-,45+,47?,48-,49-,50-,51-,53-,54+,55+,56+,62-/m0/s1. The number of benzene rings is 2. The van der Waals surface area contributed by atoms with Gasteiger partial charge in [0.05, 0.1) is 12.5 Å². The number of aromatic hydroxyl groups is 1. The van der Waals surface area contributed by atoms with Gasteiger partial charge < -0.3 is 97.8 Å². The summed E-state index contributed by atoms with van der Waals surface area (Å²) in [4.78, 5) is 227. The normalized spacial score (nSPS) is 15.7. The lowest BCUT2D eigenvalue weighted by atomic mass is 9.92. The van der Waals surface area contributed by atoms with E-state index in [1.807, 2.05) is 50.3 Å². The fourth-order valence-electron chi connectivity index (χ4n) is 12.1. The average molecular weight is 1720 g/mol. The van der Waals surface area contributed by atoms with Crippen LogP contribution in [-0.4, -0.2) is 256 Å². The molecule has 1 fully saturated rings. The number of amides is 11. The van der Waals surface area contributed by atoms with Gasteiger partial charge in [-0.3, -0.25) is 63.1 Å². The number of nitrogens with zero attached hydrogens (tertiary/aromatic N) is 3. The summed E-state index contributed by atoms with van der Waals surface area (Å²) >= 11 is 0.985. The maximum absolute atomic E-state index is 14.8. The molecule has 0 aliphatic carbocycles. The number of hydrogen-bond acceptors (Lipinski definition) is 26. The highest BCUT2D eigenvalue weighted by Gasteiger charge is 2.40. The summed E-state index contributed by atoms with van der Waals surface area (Å²) in [5.74, 6) is -18.7. The number of hydrazine groups is 1. The monoisotopic (exact) mass is 1720 g/mol. The smallest absolute Gasteiger partial charge is 0.426 e. The lowest BCUT2D eigenvalue weighted by molar-refractivity contribution is -0.159. The number of phenols is 1. The van der Waals surface area contributed by atoms with Crippen molar-refractivity contribution in [3.05, 3.63) is 81.8 Å². The summed E-state index contributed by atoms with van der Waals surface area (Å²) in [5, 5.41) is 99.5. The van der Waals surface area contributed by atoms with E-state index >= 15 is 0 Å². The van der Waals surface area contributed by atoms with Gasteiger partial charge in [0.25, 0.3) is 5.91 Å². The highest BCUT2D eigenvalue weighted by atomic mass is 33.1. The highest BCUT2D eigenvalue weighted by Crippen LogP contribution is 2.30. The van der Waals surface area contributed by atoms with Crippen LogP contribution in [0, 0.1) is 17.8 Å². The maximum atomic E-state index is 14.8. The van der Waals surface area contributed by atoms with Gasteiger partial charge in [-0.15, -0.1) is 11.3 Å². The molecule has 1 aromatic heterocycles. The molecule has 118 heavy (non-hydrogen) atoms. The minimum absolute atomic E-state index is 0.0222. The minimum atomic E-state index is -1.94. The SMILES string of the molecule is CCCC(=O)OCN(C(=O)[C@@H](NC(=O)[C@H]1CCCCN1C)C(C)CC)[C@H](C[C@@H](O)c1nc(C(=O)N[C@@H](Cc2ccc(O)cc2)C[C@H](C)C(=O)NNC(=O)OCCSSC[C@H](NC(=O)[C@H](Cc2ccccc2)NC(=O)[C@H](CC(=O)O)NC(=O)CCC(NC(=O)CC[C@H](NC(=O)N[C@@H](CCC(=O)O)C(=O)O)C(=O)O)C(=O)O)C(=O)O)cs1)C(C)C. The Balaban J connectivity index is 1.33. The number of carboxylic acids is 6. The van der Waals surface area contributed by atoms with E-state index in [0.717, 1.165) is 52.3 Å². The number of aliphatic carboxylic acids is 6. The van der Waals surface area contributed by atoms with Crippen molar-refractivity contribution in [2.24, 2.45) is 17.8 Å². The van der Waals surface area contributed by atoms with E-state index in [9.17, 15) is 117 Å². The molecule has 0 saturated carbocycles. The van der Waals surface area contributed by atoms with Gasteiger partial charge >= 0.3 is 53.9 Å². The van der Waals surface area contributed by atoms with E-state index in [0.29, 0.717) is 30.4 Å². The van der Waals surface area contributed by atoms with E-state index in [1.54, 1.807) is 49.4 Å². The Hall–Kier alpha value is -10.9. The van der Waals surface area contributed by atoms with Gasteiger partial charge in [-0.05, 0) is 100 Å². The number of urea groups is 1. The predicted molar refractivity (Wildman–Crippen MR) is 424 cm³/mol. The Morgan fingerprint density at radius 2 is 1.19 bits per heavy atom. The van der Waals surface area contributed by atoms with E-state index in [2.05, 4.69) is 47.7 Å². The number of carbonyl (C=O) groups excluding carboxylic acids is 11. The number of likely N-dealkylation sites (tertiary alicyclic amines) is 1. The van der Waals surface area contributed by atoms with E-state index < -0.39 is 219 Å². The first-order valence-electron chi connectivity index (χ1n) is 38.1. The Morgan fingerprint density at radius 3 is 1.75 bits per heavy atom. The third-order valence-electron chi connectivity index (χ3n) is 18.8. The number of piperidine rings is 1. The number of esters is 1. The molecule has 0 spiro atoms. The zero-order valence-electron chi connectivity index (χ0n) is 66.3. The third-order valence-corrected chi connectivity index (χ3v) is 22.2. The van der Waals surface area contributed by atoms with Crippen molar-refractivity contribution in [3.63, 3.8) is 0 Å². The molecular formula is C75H107N13O27S3. The predicted octanol–water partition coefficient (Wildman–Crippen LogP) is 2.40. The molecule has 40 nitrogen and oxygen atoms in total. The molecule has 652 valence electrons. The first-order chi connectivity index (χ1) is 55.8. The van der Waals surface area contributed by atoms with Gasteiger partial charge in [0, 0.05) is 73.4 Å². The van der Waals surface area contributed by atoms with Gasteiger partial charge in [0.15, 0.2) is 6.73 Å². The van der Waals surface area contributed by atoms with Gasteiger partial charge in [0.2, 0.25) is 41.4 Å². The van der Waals surface area contributed by atoms with Crippen LogP contribution in [0.3, 0.4) is 0 Å². The van der Waals surface area contributed by atoms with E-state index in [1.165, 1.54) is 29.3 Å². The number of nitrogens with one attached hydrogen (secondary N) is 10. The highest BCUT2D eigenvalue weighted by molar-refractivity contribution is 8.76. The van der Waals surface area contributed by atoms with Crippen molar-refractivity contribution in [2.75, 3.05) is 38.4 Å². The molecule has 0 bridgehead atoms. The number of aliphatic hydroxyl groups is 1. The molecule has 2 heterocycles. The largest absolute Gasteiger partial charge is 0.508 e. The van der Waals surface area contributed by atoms with Gasteiger partial charge in [0.1, 0.15) is 71.5 Å². The lowest BCUT2D eigenvalue weighted by Crippen LogP contribution is -2.59. The van der Waals surface area contributed by atoms with Crippen LogP contribution in [-0.2, 0) is 89.4 Å². The third kappa shape index (κ3) is 35.9. The molecule has 3 aromatic rings. The molecule has 1 aliphatic rings. The number of ether oxygens (including phenoxy) is 2. The Bertz CT molecular complexity index is 3920. The van der Waals surface area contributed by atoms with Gasteiger partial charge in [-0.25, -0.2) is 39.2 Å². The summed E-state index contributed by atoms with van der Waals surface area (Å²) in [6, 6.07) is -0.938. The Kier molecular flexibility index (Phi) is 43.2. The van der Waals surface area contributed by atoms with Crippen LogP contribution in [0.4, 0.5) is 9.59 Å². The minimum Gasteiger partial charge on any atom is -0.508 e. The number of aliphatic hydroxyl groups excluding tert-OH is 1. The van der Waals surface area contributed by atoms with Crippen molar-refractivity contribution >= 4 is 134 Å². The number of hydrogen-bond donors (Lipinski definition) is 18. The van der Waals surface area contributed by atoms with Crippen molar-refractivity contribution in [1.29, 1.82) is 0 Å². The molecule has 1 aliphatic heterocycles. The van der Waals surface area contributed by atoms with Crippen molar-refractivity contribution in [2.45, 2.75) is 217 Å². The number of likely N-dealkylation sites (N-methyl/N-ethyl adjacent to an activating group) is 1. The van der Waals surface area contributed by atoms with Crippen molar-refractivity contribution in [3.8, 4) is 5.75 Å². The number of rotatable bonds is 52. The van der Waals surface area contributed by atoms with Crippen LogP contribution in [0.25, 0.3) is 0 Å². The molecule has 4 rings (SSSR count). The molecule has 13 atom stereocenters. The summed E-state index contributed by atoms with van der Waals surface area (Å²) < 4.78 is 10.8. The Morgan fingerprint density at radius 1 is 0.610 bits per heavy atom. The fraction of sp³-hybridized carbons (Fsp3) is 0.573. The lowest BCUT2D eigenvalue weighted by Gasteiger charge is -2.39. The van der Waals surface area contributed by atoms with E-state index in [4.69, 9.17) is 14.6 Å². The van der Waals surface area contributed by atoms with Gasteiger partial charge in [-0.1, -0.05) is 118 Å². The summed E-state index contributed by atoms with van der Waals surface area (Å²) in [6.45, 7) is 10.7. The van der Waals surface area contributed by atoms with Crippen molar-refractivity contribution in [1.82, 2.24) is 68.2 Å². The first kappa shape index (κ1) is 99.4. The average Bonchev–Trinajstić information content (AvgIpc) is 1.05. The number of phenolic OH excluding ortho intramolecular Hbond substituents is 1. The van der Waals surface area contributed by atoms with Crippen LogP contribution < -0.4 is 53.4 Å². The molecular weight excluding hydrogens is 1610 g/mol. The van der Waals surface area contributed by atoms with Gasteiger partial charge in [-0.2, -0.15) is 0 Å². The topological polar surface area (TPSA) is 610 Å². The molecule has 43 heteroatoms. The zero-order chi connectivity index (χ0) is 87.9. The van der Waals surface area contributed by atoms with Crippen LogP contribution >= 0.6 is 32.9 Å². The van der Waals surface area contributed by atoms with Crippen LogP contribution in [0.5, 0.6) is 5.75 Å². The number of carboxylic acid groups (broad SMARTS) is 6. The second-order valence-electron chi connectivity index (χ2n) is 28.5. The summed E-state index contributed by atoms with van der Waals surface area (Å²) in [5.41, 5.74) is 5.42. The molecule has 1 saturated heterocycles. The quantitative estimate of drug-likeness (QED) is 0.0127. The molecule has 0 radical (unpaired) electrons. The molecule has 18 N–H and O–H groups in total. The number of aromatic nitrogens is 1. The van der Waals surface area contributed by atoms with Crippen LogP contribution in [0.2, 0.25) is 0 Å². The summed E-state index contributed by atoms with van der Waals surface area (Å²) in [7, 11) is 3.80. The van der Waals surface area contributed by atoms with Crippen LogP contribution in [0.15, 0.2) is 60.0 Å². The van der Waals surface area contributed by atoms with E-state index in [-0.39, 0.29) is 84.4 Å². The maximum Gasteiger partial charge on any atom is 0.426 e. The molecule has 11 amide bonds. The van der Waals surface area contributed by atoms with Crippen molar-refractivity contribution < 1.29 is 132 Å².